The summed E-state index contributed by atoms with van der Waals surface area (Å²) in [5, 5.41) is 10.3. The van der Waals surface area contributed by atoms with E-state index in [1.807, 2.05) is 0 Å². The first-order valence-corrected chi connectivity index (χ1v) is 7.04. The summed E-state index contributed by atoms with van der Waals surface area (Å²) < 4.78 is 0. The van der Waals surface area contributed by atoms with Gasteiger partial charge in [-0.25, -0.2) is 9.97 Å². The van der Waals surface area contributed by atoms with Gasteiger partial charge in [-0.1, -0.05) is 0 Å². The molecule has 2 aromatic rings. The lowest BCUT2D eigenvalue weighted by molar-refractivity contribution is -0.114. The van der Waals surface area contributed by atoms with Gasteiger partial charge in [-0.05, 0) is 0 Å². The standard InChI is InChI=1S/C12H14N6O2S/c1-8(19)17-12-18-9(7-21-12)11(20)16-5-4-15-10-6-13-2-3-14-10/h2-3,6-7H,4-5H2,1H3,(H,14,15)(H,16,20)(H,17,18,19). The third-order valence-electron chi connectivity index (χ3n) is 2.30. The molecule has 0 bridgehead atoms. The van der Waals surface area contributed by atoms with E-state index in [1.54, 1.807) is 24.0 Å². The lowest BCUT2D eigenvalue weighted by Gasteiger charge is -2.05. The zero-order chi connectivity index (χ0) is 15.1. The van der Waals surface area contributed by atoms with Crippen LogP contribution in [0.4, 0.5) is 10.9 Å². The molecule has 0 radical (unpaired) electrons. The number of rotatable bonds is 6. The molecule has 0 spiro atoms. The van der Waals surface area contributed by atoms with Crippen LogP contribution in [0, 0.1) is 0 Å². The van der Waals surface area contributed by atoms with Crippen LogP contribution in [0.15, 0.2) is 24.0 Å². The molecular weight excluding hydrogens is 292 g/mol. The molecule has 0 atom stereocenters. The molecule has 0 aliphatic rings. The Morgan fingerprint density at radius 3 is 2.86 bits per heavy atom. The van der Waals surface area contributed by atoms with E-state index in [0.717, 1.165) is 0 Å². The number of anilines is 2. The highest BCUT2D eigenvalue weighted by atomic mass is 32.1. The maximum atomic E-state index is 11.8. The second kappa shape index (κ2) is 7.29. The van der Waals surface area contributed by atoms with Gasteiger partial charge in [0.1, 0.15) is 11.5 Å². The quantitative estimate of drug-likeness (QED) is 0.679. The highest BCUT2D eigenvalue weighted by Crippen LogP contribution is 2.14. The third kappa shape index (κ3) is 4.80. The monoisotopic (exact) mass is 306 g/mol. The van der Waals surface area contributed by atoms with E-state index in [0.29, 0.717) is 24.0 Å². The Labute approximate surface area is 125 Å². The van der Waals surface area contributed by atoms with Crippen LogP contribution in [0.2, 0.25) is 0 Å². The molecular formula is C12H14N6O2S. The van der Waals surface area contributed by atoms with Crippen molar-refractivity contribution in [3.05, 3.63) is 29.7 Å². The van der Waals surface area contributed by atoms with E-state index in [2.05, 4.69) is 30.9 Å². The molecule has 0 saturated heterocycles. The summed E-state index contributed by atoms with van der Waals surface area (Å²) >= 11 is 1.20. The number of carbonyl (C=O) groups excluding carboxylic acids is 2. The van der Waals surface area contributed by atoms with Crippen molar-refractivity contribution in [2.24, 2.45) is 0 Å². The van der Waals surface area contributed by atoms with E-state index in [1.165, 1.54) is 18.3 Å². The van der Waals surface area contributed by atoms with Gasteiger partial charge in [0.05, 0.1) is 6.20 Å². The Hall–Kier alpha value is -2.55. The van der Waals surface area contributed by atoms with Gasteiger partial charge in [-0.2, -0.15) is 0 Å². The molecule has 9 heteroatoms. The summed E-state index contributed by atoms with van der Waals surface area (Å²) in [5.74, 6) is 0.140. The molecule has 0 aromatic carbocycles. The first-order valence-electron chi connectivity index (χ1n) is 6.16. The highest BCUT2D eigenvalue weighted by Gasteiger charge is 2.10. The first-order chi connectivity index (χ1) is 10.1. The van der Waals surface area contributed by atoms with E-state index in [4.69, 9.17) is 0 Å². The summed E-state index contributed by atoms with van der Waals surface area (Å²) in [6, 6.07) is 0. The Balaban J connectivity index is 1.74. The van der Waals surface area contributed by atoms with Crippen molar-refractivity contribution in [1.82, 2.24) is 20.3 Å². The normalized spacial score (nSPS) is 9.95. The summed E-state index contributed by atoms with van der Waals surface area (Å²) in [6.07, 6.45) is 4.77. The van der Waals surface area contributed by atoms with Gasteiger partial charge in [0.15, 0.2) is 5.13 Å². The molecule has 110 valence electrons. The number of thiazole rings is 1. The van der Waals surface area contributed by atoms with E-state index in [9.17, 15) is 9.59 Å². The lowest BCUT2D eigenvalue weighted by atomic mass is 10.4. The molecule has 8 nitrogen and oxygen atoms in total. The summed E-state index contributed by atoms with van der Waals surface area (Å²) in [4.78, 5) is 34.7. The number of amides is 2. The van der Waals surface area contributed by atoms with Crippen molar-refractivity contribution in [1.29, 1.82) is 0 Å². The predicted molar refractivity (Wildman–Crippen MR) is 79.3 cm³/mol. The SMILES string of the molecule is CC(=O)Nc1nc(C(=O)NCCNc2cnccn2)cs1. The minimum absolute atomic E-state index is 0.218. The van der Waals surface area contributed by atoms with Crippen LogP contribution < -0.4 is 16.0 Å². The number of aromatic nitrogens is 3. The second-order valence-corrected chi connectivity index (χ2v) is 4.85. The number of carbonyl (C=O) groups is 2. The minimum Gasteiger partial charge on any atom is -0.367 e. The number of hydrogen-bond acceptors (Lipinski definition) is 7. The van der Waals surface area contributed by atoms with Crippen molar-refractivity contribution in [3.63, 3.8) is 0 Å². The molecule has 0 fully saturated rings. The zero-order valence-electron chi connectivity index (χ0n) is 11.3. The number of hydrogen-bond donors (Lipinski definition) is 3. The largest absolute Gasteiger partial charge is 0.367 e. The van der Waals surface area contributed by atoms with Crippen LogP contribution in [-0.2, 0) is 4.79 Å². The Bertz CT molecular complexity index is 615. The van der Waals surface area contributed by atoms with Gasteiger partial charge < -0.3 is 16.0 Å². The molecule has 0 saturated carbocycles. The molecule has 21 heavy (non-hydrogen) atoms. The molecule has 2 amide bonds. The van der Waals surface area contributed by atoms with E-state index in [-0.39, 0.29) is 17.5 Å². The van der Waals surface area contributed by atoms with Crippen molar-refractivity contribution < 1.29 is 9.59 Å². The van der Waals surface area contributed by atoms with Crippen LogP contribution in [0.5, 0.6) is 0 Å². The molecule has 3 N–H and O–H groups in total. The molecule has 2 heterocycles. The maximum Gasteiger partial charge on any atom is 0.270 e. The maximum absolute atomic E-state index is 11.8. The fraction of sp³-hybridized carbons (Fsp3) is 0.250. The molecule has 2 aromatic heterocycles. The molecule has 0 aliphatic heterocycles. The lowest BCUT2D eigenvalue weighted by Crippen LogP contribution is -2.29. The smallest absolute Gasteiger partial charge is 0.270 e. The van der Waals surface area contributed by atoms with E-state index >= 15 is 0 Å². The van der Waals surface area contributed by atoms with Crippen molar-refractivity contribution >= 4 is 34.1 Å². The fourth-order valence-corrected chi connectivity index (χ4v) is 2.17. The van der Waals surface area contributed by atoms with Gasteiger partial charge in [-0.15, -0.1) is 11.3 Å². The van der Waals surface area contributed by atoms with Crippen LogP contribution in [0.3, 0.4) is 0 Å². The topological polar surface area (TPSA) is 109 Å². The van der Waals surface area contributed by atoms with Gasteiger partial charge >= 0.3 is 0 Å². The molecule has 0 aliphatic carbocycles. The number of nitrogens with zero attached hydrogens (tertiary/aromatic N) is 3. The summed E-state index contributed by atoms with van der Waals surface area (Å²) in [5.41, 5.74) is 0.281. The second-order valence-electron chi connectivity index (χ2n) is 3.99. The van der Waals surface area contributed by atoms with Gasteiger partial charge in [-0.3, -0.25) is 14.6 Å². The Morgan fingerprint density at radius 1 is 1.29 bits per heavy atom. The van der Waals surface area contributed by atoms with Crippen molar-refractivity contribution in [2.75, 3.05) is 23.7 Å². The van der Waals surface area contributed by atoms with Crippen LogP contribution in [0.1, 0.15) is 17.4 Å². The van der Waals surface area contributed by atoms with Crippen LogP contribution in [-0.4, -0.2) is 39.9 Å². The number of nitrogens with one attached hydrogen (secondary N) is 3. The van der Waals surface area contributed by atoms with Gasteiger partial charge in [0, 0.05) is 37.8 Å². The highest BCUT2D eigenvalue weighted by molar-refractivity contribution is 7.14. The summed E-state index contributed by atoms with van der Waals surface area (Å²) in [7, 11) is 0. The summed E-state index contributed by atoms with van der Waals surface area (Å²) in [6.45, 7) is 2.33. The first kappa shape index (κ1) is 14.9. The predicted octanol–water partition coefficient (Wildman–Crippen LogP) is 0.733. The fourth-order valence-electron chi connectivity index (χ4n) is 1.43. The molecule has 0 unspecified atom stereocenters. The van der Waals surface area contributed by atoms with Crippen molar-refractivity contribution in [3.8, 4) is 0 Å². The van der Waals surface area contributed by atoms with Crippen LogP contribution in [0.25, 0.3) is 0 Å². The Morgan fingerprint density at radius 2 is 2.14 bits per heavy atom. The molecule has 2 rings (SSSR count). The minimum atomic E-state index is -0.288. The van der Waals surface area contributed by atoms with Crippen molar-refractivity contribution in [2.45, 2.75) is 6.92 Å². The average molecular weight is 306 g/mol. The van der Waals surface area contributed by atoms with E-state index < -0.39 is 0 Å². The Kier molecular flexibility index (Phi) is 5.16. The zero-order valence-corrected chi connectivity index (χ0v) is 12.1. The average Bonchev–Trinajstić information content (AvgIpc) is 2.92. The third-order valence-corrected chi connectivity index (χ3v) is 3.06. The van der Waals surface area contributed by atoms with Gasteiger partial charge in [0.25, 0.3) is 5.91 Å². The van der Waals surface area contributed by atoms with Crippen LogP contribution >= 0.6 is 11.3 Å². The van der Waals surface area contributed by atoms with Gasteiger partial charge in [0.2, 0.25) is 5.91 Å².